The second-order valence-corrected chi connectivity index (χ2v) is 5.23. The summed E-state index contributed by atoms with van der Waals surface area (Å²) in [5, 5.41) is 15.9. The molecule has 0 spiro atoms. The summed E-state index contributed by atoms with van der Waals surface area (Å²) < 4.78 is 1.71. The van der Waals surface area contributed by atoms with E-state index in [9.17, 15) is 10.1 Å². The number of nitro groups is 1. The maximum Gasteiger partial charge on any atom is 0.269 e. The van der Waals surface area contributed by atoms with E-state index >= 15 is 0 Å². The molecule has 0 unspecified atom stereocenters. The Bertz CT molecular complexity index is 730. The molecule has 0 saturated heterocycles. The van der Waals surface area contributed by atoms with Crippen molar-refractivity contribution in [3.8, 4) is 11.3 Å². The molecule has 0 fully saturated rings. The Hall–Kier alpha value is -2.32. The number of hydrogen-bond donors (Lipinski definition) is 1. The van der Waals surface area contributed by atoms with Crippen LogP contribution in [0.5, 0.6) is 0 Å². The zero-order chi connectivity index (χ0) is 14.1. The number of nitrogens with zero attached hydrogens (tertiary/aromatic N) is 4. The first-order valence-electron chi connectivity index (χ1n) is 5.97. The highest BCUT2D eigenvalue weighted by molar-refractivity contribution is 7.16. The average Bonchev–Trinajstić information content (AvgIpc) is 2.97. The van der Waals surface area contributed by atoms with Crippen molar-refractivity contribution in [3.05, 3.63) is 45.6 Å². The summed E-state index contributed by atoms with van der Waals surface area (Å²) in [4.78, 5) is 15.5. The minimum atomic E-state index is -0.420. The number of aromatic nitrogens is 3. The Labute approximate surface area is 117 Å². The van der Waals surface area contributed by atoms with Gasteiger partial charge in [0.1, 0.15) is 5.01 Å². The Kier molecular flexibility index (Phi) is 3.17. The summed E-state index contributed by atoms with van der Waals surface area (Å²) >= 11 is 1.50. The molecular formula is C12H11N5O2S. The summed E-state index contributed by atoms with van der Waals surface area (Å²) in [5.74, 6) is 0. The van der Waals surface area contributed by atoms with Crippen molar-refractivity contribution < 1.29 is 4.92 Å². The van der Waals surface area contributed by atoms with Crippen LogP contribution in [0.3, 0.4) is 0 Å². The minimum Gasteiger partial charge on any atom is -0.330 e. The van der Waals surface area contributed by atoms with Crippen molar-refractivity contribution >= 4 is 22.0 Å². The van der Waals surface area contributed by atoms with Crippen LogP contribution in [0.2, 0.25) is 0 Å². The molecule has 0 atom stereocenters. The molecule has 0 aliphatic heterocycles. The van der Waals surface area contributed by atoms with Crippen molar-refractivity contribution in [3.63, 3.8) is 0 Å². The number of benzene rings is 1. The third-order valence-electron chi connectivity index (χ3n) is 2.82. The molecule has 0 aliphatic carbocycles. The van der Waals surface area contributed by atoms with Crippen LogP contribution in [-0.4, -0.2) is 26.1 Å². The number of non-ortho nitro benzene ring substituents is 1. The first-order valence-corrected chi connectivity index (χ1v) is 6.79. The normalized spacial score (nSPS) is 11.1. The van der Waals surface area contributed by atoms with Gasteiger partial charge in [-0.3, -0.25) is 10.1 Å². The van der Waals surface area contributed by atoms with E-state index in [2.05, 4.69) is 10.1 Å². The van der Waals surface area contributed by atoms with E-state index in [0.717, 1.165) is 27.6 Å². The zero-order valence-electron chi connectivity index (χ0n) is 10.4. The van der Waals surface area contributed by atoms with Crippen LogP contribution in [0.4, 0.5) is 5.69 Å². The molecule has 2 heterocycles. The first kappa shape index (κ1) is 12.7. The van der Waals surface area contributed by atoms with Gasteiger partial charge in [0.15, 0.2) is 0 Å². The fourth-order valence-corrected chi connectivity index (χ4v) is 2.75. The summed E-state index contributed by atoms with van der Waals surface area (Å²) in [6.45, 7) is 0.561. The van der Waals surface area contributed by atoms with Crippen LogP contribution >= 0.6 is 11.3 Å². The second kappa shape index (κ2) is 4.99. The molecule has 102 valence electrons. The SMILES string of the molecule is NCCc1nn2cc(-c3ccc([N+](=O)[O-])cc3)nc2s1. The average molecular weight is 289 g/mol. The number of rotatable bonds is 4. The number of fused-ring (bicyclic) bond motifs is 1. The fourth-order valence-electron chi connectivity index (χ4n) is 1.86. The molecule has 7 nitrogen and oxygen atoms in total. The van der Waals surface area contributed by atoms with Gasteiger partial charge in [-0.15, -0.1) is 0 Å². The topological polar surface area (TPSA) is 99.3 Å². The lowest BCUT2D eigenvalue weighted by molar-refractivity contribution is -0.384. The molecule has 3 aromatic rings. The van der Waals surface area contributed by atoms with Gasteiger partial charge in [-0.2, -0.15) is 5.10 Å². The van der Waals surface area contributed by atoms with Crippen molar-refractivity contribution in [1.82, 2.24) is 14.6 Å². The summed E-state index contributed by atoms with van der Waals surface area (Å²) in [5.41, 5.74) is 7.14. The van der Waals surface area contributed by atoms with Gasteiger partial charge in [0.05, 0.1) is 16.8 Å². The fraction of sp³-hybridized carbons (Fsp3) is 0.167. The number of imidazole rings is 1. The van der Waals surface area contributed by atoms with Crippen LogP contribution < -0.4 is 5.73 Å². The Morgan fingerprint density at radius 1 is 1.35 bits per heavy atom. The quantitative estimate of drug-likeness (QED) is 0.584. The monoisotopic (exact) mass is 289 g/mol. The standard InChI is InChI=1S/C12H11N5O2S/c13-6-5-11-15-16-7-10(14-12(16)20-11)8-1-3-9(4-2-8)17(18)19/h1-4,7H,5-6,13H2. The molecule has 1 aromatic carbocycles. The molecule has 2 aromatic heterocycles. The van der Waals surface area contributed by atoms with Gasteiger partial charge in [0, 0.05) is 24.1 Å². The van der Waals surface area contributed by atoms with Gasteiger partial charge in [0.2, 0.25) is 4.96 Å². The summed E-state index contributed by atoms with van der Waals surface area (Å²) in [6.07, 6.45) is 2.55. The molecule has 3 rings (SSSR count). The highest BCUT2D eigenvalue weighted by Crippen LogP contribution is 2.24. The number of nitrogens with two attached hydrogens (primary N) is 1. The van der Waals surface area contributed by atoms with Gasteiger partial charge in [-0.1, -0.05) is 11.3 Å². The van der Waals surface area contributed by atoms with Crippen LogP contribution in [0, 0.1) is 10.1 Å². The molecule has 0 bridgehead atoms. The lowest BCUT2D eigenvalue weighted by Gasteiger charge is -1.95. The van der Waals surface area contributed by atoms with Crippen LogP contribution in [-0.2, 0) is 6.42 Å². The van der Waals surface area contributed by atoms with Crippen molar-refractivity contribution in [1.29, 1.82) is 0 Å². The van der Waals surface area contributed by atoms with E-state index in [1.807, 2.05) is 6.20 Å². The van der Waals surface area contributed by atoms with Crippen molar-refractivity contribution in [2.75, 3.05) is 6.54 Å². The molecule has 2 N–H and O–H groups in total. The molecule has 8 heteroatoms. The lowest BCUT2D eigenvalue weighted by atomic mass is 10.1. The van der Waals surface area contributed by atoms with Gasteiger partial charge in [0.25, 0.3) is 5.69 Å². The first-order chi connectivity index (χ1) is 9.67. The van der Waals surface area contributed by atoms with E-state index in [0.29, 0.717) is 6.54 Å². The van der Waals surface area contributed by atoms with Crippen LogP contribution in [0.1, 0.15) is 5.01 Å². The van der Waals surface area contributed by atoms with Gasteiger partial charge in [-0.05, 0) is 18.7 Å². The van der Waals surface area contributed by atoms with Crippen molar-refractivity contribution in [2.24, 2.45) is 5.73 Å². The number of nitro benzene ring substituents is 1. The third-order valence-corrected chi connectivity index (χ3v) is 3.80. The molecule has 0 aliphatic rings. The van der Waals surface area contributed by atoms with Crippen molar-refractivity contribution in [2.45, 2.75) is 6.42 Å². The van der Waals surface area contributed by atoms with E-state index in [-0.39, 0.29) is 5.69 Å². The Balaban J connectivity index is 1.93. The summed E-state index contributed by atoms with van der Waals surface area (Å²) in [7, 11) is 0. The third kappa shape index (κ3) is 2.26. The molecule has 0 radical (unpaired) electrons. The molecule has 0 saturated carbocycles. The zero-order valence-corrected chi connectivity index (χ0v) is 11.2. The van der Waals surface area contributed by atoms with E-state index in [4.69, 9.17) is 5.73 Å². The smallest absolute Gasteiger partial charge is 0.269 e. The van der Waals surface area contributed by atoms with Gasteiger partial charge < -0.3 is 5.73 Å². The Morgan fingerprint density at radius 2 is 2.10 bits per heavy atom. The van der Waals surface area contributed by atoms with E-state index in [1.165, 1.54) is 23.5 Å². The lowest BCUT2D eigenvalue weighted by Crippen LogP contribution is -2.02. The van der Waals surface area contributed by atoms with E-state index < -0.39 is 4.92 Å². The number of hydrogen-bond acceptors (Lipinski definition) is 6. The van der Waals surface area contributed by atoms with Crippen LogP contribution in [0.25, 0.3) is 16.2 Å². The summed E-state index contributed by atoms with van der Waals surface area (Å²) in [6, 6.07) is 6.31. The van der Waals surface area contributed by atoms with E-state index in [1.54, 1.807) is 16.6 Å². The maximum absolute atomic E-state index is 10.6. The van der Waals surface area contributed by atoms with Crippen LogP contribution in [0.15, 0.2) is 30.5 Å². The minimum absolute atomic E-state index is 0.0677. The molecule has 20 heavy (non-hydrogen) atoms. The van der Waals surface area contributed by atoms with Gasteiger partial charge >= 0.3 is 0 Å². The Morgan fingerprint density at radius 3 is 2.70 bits per heavy atom. The maximum atomic E-state index is 10.6. The largest absolute Gasteiger partial charge is 0.330 e. The predicted octanol–water partition coefficient (Wildman–Crippen LogP) is 1.87. The predicted molar refractivity (Wildman–Crippen MR) is 75.7 cm³/mol. The molecule has 0 amide bonds. The highest BCUT2D eigenvalue weighted by Gasteiger charge is 2.11. The molecular weight excluding hydrogens is 278 g/mol. The second-order valence-electron chi connectivity index (χ2n) is 4.19. The van der Waals surface area contributed by atoms with Gasteiger partial charge in [-0.25, -0.2) is 9.50 Å². The highest BCUT2D eigenvalue weighted by atomic mass is 32.1.